The minimum absolute atomic E-state index is 0.107. The predicted octanol–water partition coefficient (Wildman–Crippen LogP) is 4.74. The number of rotatable bonds is 5. The van der Waals surface area contributed by atoms with Crippen LogP contribution < -0.4 is 18.9 Å². The summed E-state index contributed by atoms with van der Waals surface area (Å²) in [5, 5.41) is 0. The summed E-state index contributed by atoms with van der Waals surface area (Å²) >= 11 is 0. The molecule has 0 N–H and O–H groups in total. The van der Waals surface area contributed by atoms with E-state index in [0.29, 0.717) is 47.3 Å². The van der Waals surface area contributed by atoms with Crippen LogP contribution in [-0.2, 0) is 6.54 Å². The summed E-state index contributed by atoms with van der Waals surface area (Å²) < 4.78 is 23.1. The Bertz CT molecular complexity index is 1190. The summed E-state index contributed by atoms with van der Waals surface area (Å²) in [5.74, 6) is 3.57. The Morgan fingerprint density at radius 2 is 1.89 bits per heavy atom. The average Bonchev–Trinajstić information content (AvgIpc) is 3.24. The van der Waals surface area contributed by atoms with Gasteiger partial charge < -0.3 is 23.8 Å². The number of Topliss-reactive ketones (excluding diaryl/α,β-unsaturated/α-hetero) is 1. The third-order valence-corrected chi connectivity index (χ3v) is 8.11. The van der Waals surface area contributed by atoms with Gasteiger partial charge in [0.15, 0.2) is 17.3 Å². The fraction of sp³-hybridized carbons (Fsp3) is 0.483. The first-order chi connectivity index (χ1) is 17.6. The van der Waals surface area contributed by atoms with E-state index in [1.165, 1.54) is 45.2 Å². The van der Waals surface area contributed by atoms with Crippen LogP contribution in [0.3, 0.4) is 0 Å². The van der Waals surface area contributed by atoms with Gasteiger partial charge in [0, 0.05) is 19.1 Å². The van der Waals surface area contributed by atoms with Crippen LogP contribution in [-0.4, -0.2) is 62.2 Å². The van der Waals surface area contributed by atoms with Gasteiger partial charge in [-0.2, -0.15) is 0 Å². The highest BCUT2D eigenvalue weighted by atomic mass is 16.5. The van der Waals surface area contributed by atoms with Crippen molar-refractivity contribution in [3.8, 4) is 23.0 Å². The van der Waals surface area contributed by atoms with E-state index in [-0.39, 0.29) is 5.78 Å². The van der Waals surface area contributed by atoms with E-state index in [0.717, 1.165) is 30.0 Å². The molecule has 0 aromatic heterocycles. The number of fused-ring (bicyclic) bond motifs is 4. The first kappa shape index (κ1) is 23.4. The number of benzene rings is 2. The molecule has 0 spiro atoms. The second kappa shape index (κ2) is 9.79. The number of allylic oxidation sites excluding steroid dienone is 1. The summed E-state index contributed by atoms with van der Waals surface area (Å²) in [7, 11) is 3.20. The van der Waals surface area contributed by atoms with E-state index >= 15 is 0 Å². The summed E-state index contributed by atoms with van der Waals surface area (Å²) in [6.07, 6.45) is 8.31. The van der Waals surface area contributed by atoms with Crippen molar-refractivity contribution in [3.63, 3.8) is 0 Å². The monoisotopic (exact) mass is 490 g/mol. The number of carbonyl (C=O) groups excluding carboxylic acids is 1. The summed E-state index contributed by atoms with van der Waals surface area (Å²) in [6.45, 7) is 4.83. The lowest BCUT2D eigenvalue weighted by molar-refractivity contribution is 0.0141. The molecule has 7 nitrogen and oxygen atoms in total. The molecule has 4 aliphatic rings. The highest BCUT2D eigenvalue weighted by Gasteiger charge is 2.37. The zero-order chi connectivity index (χ0) is 24.6. The van der Waals surface area contributed by atoms with Gasteiger partial charge in [-0.25, -0.2) is 0 Å². The average molecular weight is 491 g/mol. The molecule has 0 radical (unpaired) electrons. The first-order valence-corrected chi connectivity index (χ1v) is 13.1. The molecule has 2 saturated heterocycles. The molecule has 0 amide bonds. The van der Waals surface area contributed by atoms with Gasteiger partial charge >= 0.3 is 0 Å². The van der Waals surface area contributed by atoms with Gasteiger partial charge in [-0.3, -0.25) is 9.69 Å². The Hall–Kier alpha value is -3.03. The van der Waals surface area contributed by atoms with E-state index in [9.17, 15) is 4.79 Å². The quantitative estimate of drug-likeness (QED) is 0.561. The third kappa shape index (κ3) is 4.24. The Kier molecular flexibility index (Phi) is 6.36. The maximum absolute atomic E-state index is 13.2. The van der Waals surface area contributed by atoms with Gasteiger partial charge in [0.2, 0.25) is 5.78 Å². The summed E-state index contributed by atoms with van der Waals surface area (Å²) in [6, 6.07) is 9.98. The van der Waals surface area contributed by atoms with E-state index in [2.05, 4.69) is 9.80 Å². The fourth-order valence-electron chi connectivity index (χ4n) is 6.34. The molecule has 7 heteroatoms. The molecular weight excluding hydrogens is 456 g/mol. The van der Waals surface area contributed by atoms with E-state index in [1.807, 2.05) is 30.3 Å². The van der Waals surface area contributed by atoms with E-state index in [4.69, 9.17) is 18.9 Å². The van der Waals surface area contributed by atoms with Crippen molar-refractivity contribution < 1.29 is 23.7 Å². The van der Waals surface area contributed by atoms with Crippen molar-refractivity contribution in [3.05, 3.63) is 52.8 Å². The summed E-state index contributed by atoms with van der Waals surface area (Å²) in [4.78, 5) is 18.3. The molecule has 2 atom stereocenters. The van der Waals surface area contributed by atoms with Gasteiger partial charge in [-0.15, -0.1) is 0 Å². The fourth-order valence-corrected chi connectivity index (χ4v) is 6.34. The van der Waals surface area contributed by atoms with E-state index < -0.39 is 0 Å². The highest BCUT2D eigenvalue weighted by Crippen LogP contribution is 2.43. The number of carbonyl (C=O) groups is 1. The topological polar surface area (TPSA) is 60.5 Å². The zero-order valence-electron chi connectivity index (χ0n) is 21.1. The summed E-state index contributed by atoms with van der Waals surface area (Å²) in [5.41, 5.74) is 2.38. The number of piperidine rings is 2. The maximum Gasteiger partial charge on any atom is 0.231 e. The molecule has 4 heterocycles. The van der Waals surface area contributed by atoms with Crippen LogP contribution in [0.4, 0.5) is 0 Å². The normalized spacial score (nSPS) is 24.9. The zero-order valence-corrected chi connectivity index (χ0v) is 21.1. The van der Waals surface area contributed by atoms with E-state index in [1.54, 1.807) is 20.3 Å². The van der Waals surface area contributed by atoms with Crippen LogP contribution in [0.25, 0.3) is 6.08 Å². The van der Waals surface area contributed by atoms with Gasteiger partial charge in [0.25, 0.3) is 0 Å². The molecule has 0 saturated carbocycles. The molecule has 0 bridgehead atoms. The SMILES string of the molecule is COc1ccc(C=C2Oc3c(ccc4c3CN(C[C@@H]3CCCN5CCCC[C@H]35)CO4)C2=O)cc1OC. The van der Waals surface area contributed by atoms with Crippen LogP contribution in [0.15, 0.2) is 36.1 Å². The molecule has 36 heavy (non-hydrogen) atoms. The second-order valence-electron chi connectivity index (χ2n) is 10.3. The van der Waals surface area contributed by atoms with Crippen LogP contribution in [0, 0.1) is 5.92 Å². The van der Waals surface area contributed by atoms with Crippen molar-refractivity contribution in [2.24, 2.45) is 5.92 Å². The largest absolute Gasteiger partial charge is 0.493 e. The predicted molar refractivity (Wildman–Crippen MR) is 137 cm³/mol. The molecular formula is C29H34N2O5. The highest BCUT2D eigenvalue weighted by molar-refractivity contribution is 6.15. The van der Waals surface area contributed by atoms with Gasteiger partial charge in [0.1, 0.15) is 18.2 Å². The molecule has 0 unspecified atom stereocenters. The van der Waals surface area contributed by atoms with Gasteiger partial charge in [-0.05, 0) is 80.6 Å². The van der Waals surface area contributed by atoms with Crippen LogP contribution in [0.1, 0.15) is 53.6 Å². The Balaban J connectivity index is 1.22. The molecule has 2 aromatic carbocycles. The van der Waals surface area contributed by atoms with Crippen molar-refractivity contribution >= 4 is 11.9 Å². The molecule has 4 aliphatic heterocycles. The number of ketones is 1. The standard InChI is InChI=1S/C29H34N2O5/c1-33-25-10-8-19(14-26(25)34-2)15-27-28(32)21-9-11-24-22(29(21)36-27)17-30(18-35-24)16-20-6-5-13-31-12-4-3-7-23(20)31/h8-11,14-15,20,23H,3-7,12-13,16-18H2,1-2H3/t20-,23+/m0/s1. The molecule has 2 fully saturated rings. The lowest BCUT2D eigenvalue weighted by Crippen LogP contribution is -2.51. The van der Waals surface area contributed by atoms with Crippen LogP contribution in [0.2, 0.25) is 0 Å². The lowest BCUT2D eigenvalue weighted by atomic mass is 9.83. The second-order valence-corrected chi connectivity index (χ2v) is 10.3. The van der Waals surface area contributed by atoms with Crippen LogP contribution >= 0.6 is 0 Å². The number of methoxy groups -OCH3 is 2. The lowest BCUT2D eigenvalue weighted by Gasteiger charge is -2.46. The first-order valence-electron chi connectivity index (χ1n) is 13.1. The minimum Gasteiger partial charge on any atom is -0.493 e. The third-order valence-electron chi connectivity index (χ3n) is 8.11. The molecule has 6 rings (SSSR count). The van der Waals surface area contributed by atoms with Crippen LogP contribution in [0.5, 0.6) is 23.0 Å². The van der Waals surface area contributed by atoms with Crippen molar-refractivity contribution in [2.75, 3.05) is 40.6 Å². The smallest absolute Gasteiger partial charge is 0.231 e. The van der Waals surface area contributed by atoms with Gasteiger partial charge in [0.05, 0.1) is 25.3 Å². The van der Waals surface area contributed by atoms with Crippen molar-refractivity contribution in [1.29, 1.82) is 0 Å². The van der Waals surface area contributed by atoms with Crippen molar-refractivity contribution in [2.45, 2.75) is 44.7 Å². The number of hydrogen-bond donors (Lipinski definition) is 0. The Morgan fingerprint density at radius 3 is 2.75 bits per heavy atom. The minimum atomic E-state index is -0.107. The maximum atomic E-state index is 13.2. The number of nitrogens with zero attached hydrogens (tertiary/aromatic N) is 2. The number of hydrogen-bond acceptors (Lipinski definition) is 7. The van der Waals surface area contributed by atoms with Crippen molar-refractivity contribution in [1.82, 2.24) is 9.80 Å². The van der Waals surface area contributed by atoms with Gasteiger partial charge in [-0.1, -0.05) is 12.5 Å². The number of ether oxygens (including phenoxy) is 4. The molecule has 190 valence electrons. The Morgan fingerprint density at radius 1 is 1.03 bits per heavy atom. The molecule has 0 aliphatic carbocycles. The molecule has 2 aromatic rings. The Labute approximate surface area is 212 Å².